The molecule has 28 heavy (non-hydrogen) atoms. The van der Waals surface area contributed by atoms with E-state index >= 15 is 0 Å². The molecule has 3 N–H and O–H groups in total. The van der Waals surface area contributed by atoms with Crippen molar-refractivity contribution in [3.05, 3.63) is 53.6 Å². The predicted molar refractivity (Wildman–Crippen MR) is 116 cm³/mol. The van der Waals surface area contributed by atoms with Crippen LogP contribution in [0.2, 0.25) is 0 Å². The smallest absolute Gasteiger partial charge is 0.220 e. The van der Waals surface area contributed by atoms with Gasteiger partial charge in [0.1, 0.15) is 0 Å². The van der Waals surface area contributed by atoms with Crippen LogP contribution in [-0.2, 0) is 17.8 Å². The Bertz CT molecular complexity index is 750. The third-order valence-corrected chi connectivity index (χ3v) is 4.35. The van der Waals surface area contributed by atoms with Crippen LogP contribution in [0, 0.1) is 5.92 Å². The fourth-order valence-corrected chi connectivity index (χ4v) is 2.64. The van der Waals surface area contributed by atoms with E-state index in [2.05, 4.69) is 19.2 Å². The molecule has 0 aromatic heterocycles. The molecular formula is C22H31ClN2O3. The number of nitrogen functional groups attached to an aromatic ring is 1. The van der Waals surface area contributed by atoms with Gasteiger partial charge in [0.2, 0.25) is 5.91 Å². The molecular weight excluding hydrogens is 376 g/mol. The van der Waals surface area contributed by atoms with Gasteiger partial charge in [0.05, 0.1) is 13.7 Å². The van der Waals surface area contributed by atoms with Crippen LogP contribution in [0.3, 0.4) is 0 Å². The van der Waals surface area contributed by atoms with Crippen LogP contribution in [0.1, 0.15) is 37.8 Å². The number of hydrogen-bond donors (Lipinski definition) is 2. The minimum Gasteiger partial charge on any atom is -0.493 e. The molecule has 0 unspecified atom stereocenters. The van der Waals surface area contributed by atoms with E-state index in [1.165, 1.54) is 0 Å². The molecule has 2 aromatic rings. The van der Waals surface area contributed by atoms with Crippen molar-refractivity contribution < 1.29 is 14.3 Å². The number of nitrogens with one attached hydrogen (secondary N) is 1. The maximum atomic E-state index is 12.1. The van der Waals surface area contributed by atoms with Gasteiger partial charge in [-0.15, -0.1) is 12.4 Å². The maximum Gasteiger partial charge on any atom is 0.220 e. The Balaban J connectivity index is 0.00000392. The number of carbonyl (C=O) groups is 1. The van der Waals surface area contributed by atoms with Crippen LogP contribution in [0.25, 0.3) is 0 Å². The van der Waals surface area contributed by atoms with E-state index in [1.54, 1.807) is 7.11 Å². The highest BCUT2D eigenvalue weighted by Crippen LogP contribution is 2.28. The Hall–Kier alpha value is -2.40. The zero-order chi connectivity index (χ0) is 19.6. The molecule has 0 aliphatic carbocycles. The topological polar surface area (TPSA) is 73.6 Å². The van der Waals surface area contributed by atoms with Crippen LogP contribution in [0.15, 0.2) is 42.5 Å². The average Bonchev–Trinajstić information content (AvgIpc) is 2.66. The van der Waals surface area contributed by atoms with Crippen molar-refractivity contribution in [1.82, 2.24) is 5.32 Å². The molecule has 154 valence electrons. The lowest BCUT2D eigenvalue weighted by atomic mass is 10.1. The van der Waals surface area contributed by atoms with Crippen LogP contribution in [-0.4, -0.2) is 19.6 Å². The molecule has 0 atom stereocenters. The number of nitrogens with two attached hydrogens (primary N) is 1. The van der Waals surface area contributed by atoms with E-state index in [9.17, 15) is 4.79 Å². The highest BCUT2D eigenvalue weighted by Gasteiger charge is 2.08. The number of amides is 1. The first kappa shape index (κ1) is 23.6. The second-order valence-corrected chi connectivity index (χ2v) is 6.99. The molecule has 1 amide bonds. The largest absolute Gasteiger partial charge is 0.493 e. The van der Waals surface area contributed by atoms with E-state index < -0.39 is 0 Å². The van der Waals surface area contributed by atoms with Gasteiger partial charge >= 0.3 is 0 Å². The molecule has 0 bridgehead atoms. The molecule has 5 nitrogen and oxygen atoms in total. The Labute approximate surface area is 174 Å². The van der Waals surface area contributed by atoms with Crippen molar-refractivity contribution in [2.75, 3.05) is 19.5 Å². The fraction of sp³-hybridized carbons (Fsp3) is 0.409. The normalized spacial score (nSPS) is 10.3. The Morgan fingerprint density at radius 3 is 2.57 bits per heavy atom. The van der Waals surface area contributed by atoms with E-state index in [0.717, 1.165) is 29.0 Å². The van der Waals surface area contributed by atoms with Crippen molar-refractivity contribution >= 4 is 24.0 Å². The quantitative estimate of drug-likeness (QED) is 0.574. The summed E-state index contributed by atoms with van der Waals surface area (Å²) in [6.45, 7) is 5.44. The summed E-state index contributed by atoms with van der Waals surface area (Å²) in [6.07, 6.45) is 2.03. The van der Waals surface area contributed by atoms with Gasteiger partial charge in [-0.2, -0.15) is 0 Å². The number of hydrogen-bond acceptors (Lipinski definition) is 4. The van der Waals surface area contributed by atoms with E-state index in [0.29, 0.717) is 37.7 Å². The minimum absolute atomic E-state index is 0. The van der Waals surface area contributed by atoms with Crippen molar-refractivity contribution in [2.45, 2.75) is 39.7 Å². The number of aryl methyl sites for hydroxylation is 1. The molecule has 0 aliphatic rings. The van der Waals surface area contributed by atoms with E-state index in [-0.39, 0.29) is 18.3 Å². The highest BCUT2D eigenvalue weighted by atomic mass is 35.5. The molecule has 0 aliphatic heterocycles. The summed E-state index contributed by atoms with van der Waals surface area (Å²) < 4.78 is 11.2. The predicted octanol–water partition coefficient (Wildman–Crippen LogP) is 4.37. The van der Waals surface area contributed by atoms with Crippen molar-refractivity contribution in [1.29, 1.82) is 0 Å². The molecule has 0 heterocycles. The Kier molecular flexibility index (Phi) is 10.2. The van der Waals surface area contributed by atoms with Crippen molar-refractivity contribution in [2.24, 2.45) is 5.92 Å². The molecule has 2 aromatic carbocycles. The van der Waals surface area contributed by atoms with E-state index in [4.69, 9.17) is 15.2 Å². The van der Waals surface area contributed by atoms with Gasteiger partial charge in [-0.25, -0.2) is 0 Å². The zero-order valence-corrected chi connectivity index (χ0v) is 17.7. The second kappa shape index (κ2) is 12.1. The summed E-state index contributed by atoms with van der Waals surface area (Å²) in [5.74, 6) is 2.00. The van der Waals surface area contributed by atoms with Gasteiger partial charge in [0.25, 0.3) is 0 Å². The first-order chi connectivity index (χ1) is 13.0. The van der Waals surface area contributed by atoms with Gasteiger partial charge < -0.3 is 20.5 Å². The SMILES string of the molecule is COc1cc(CNC(=O)CCc2ccccc2N)ccc1OCCC(C)C.Cl. The monoisotopic (exact) mass is 406 g/mol. The second-order valence-electron chi connectivity index (χ2n) is 6.99. The number of rotatable bonds is 10. The lowest BCUT2D eigenvalue weighted by Gasteiger charge is -2.13. The van der Waals surface area contributed by atoms with Crippen LogP contribution in [0.5, 0.6) is 11.5 Å². The van der Waals surface area contributed by atoms with Crippen LogP contribution < -0.4 is 20.5 Å². The van der Waals surface area contributed by atoms with Gasteiger partial charge in [-0.1, -0.05) is 38.1 Å². The lowest BCUT2D eigenvalue weighted by Crippen LogP contribution is -2.23. The summed E-state index contributed by atoms with van der Waals surface area (Å²) in [4.78, 5) is 12.1. The third-order valence-electron chi connectivity index (χ3n) is 4.35. The van der Waals surface area contributed by atoms with E-state index in [1.807, 2.05) is 42.5 Å². The summed E-state index contributed by atoms with van der Waals surface area (Å²) in [6, 6.07) is 13.4. The van der Waals surface area contributed by atoms with Crippen molar-refractivity contribution in [3.63, 3.8) is 0 Å². The maximum absolute atomic E-state index is 12.1. The molecule has 0 spiro atoms. The number of benzene rings is 2. The lowest BCUT2D eigenvalue weighted by molar-refractivity contribution is -0.121. The standard InChI is InChI=1S/C22H30N2O3.ClH/c1-16(2)12-13-27-20-10-8-17(14-21(20)26-3)15-24-22(25)11-9-18-6-4-5-7-19(18)23;/h4-8,10,14,16H,9,11-13,15,23H2,1-3H3,(H,24,25);1H. The molecule has 0 fully saturated rings. The summed E-state index contributed by atoms with van der Waals surface area (Å²) in [7, 11) is 1.62. The first-order valence-corrected chi connectivity index (χ1v) is 9.39. The number of methoxy groups -OCH3 is 1. The summed E-state index contributed by atoms with van der Waals surface area (Å²) in [5, 5.41) is 2.94. The fourth-order valence-electron chi connectivity index (χ4n) is 2.64. The molecule has 0 saturated heterocycles. The Morgan fingerprint density at radius 1 is 1.14 bits per heavy atom. The number of anilines is 1. The molecule has 0 saturated carbocycles. The highest BCUT2D eigenvalue weighted by molar-refractivity contribution is 5.85. The zero-order valence-electron chi connectivity index (χ0n) is 16.9. The molecule has 6 heteroatoms. The van der Waals surface area contributed by atoms with Gasteiger partial charge in [-0.05, 0) is 48.1 Å². The number of carbonyl (C=O) groups excluding carboxylic acids is 1. The number of ether oxygens (including phenoxy) is 2. The summed E-state index contributed by atoms with van der Waals surface area (Å²) >= 11 is 0. The van der Waals surface area contributed by atoms with Crippen molar-refractivity contribution in [3.8, 4) is 11.5 Å². The van der Waals surface area contributed by atoms with Gasteiger partial charge in [0, 0.05) is 18.7 Å². The third kappa shape index (κ3) is 7.69. The van der Waals surface area contributed by atoms with Gasteiger partial charge in [-0.3, -0.25) is 4.79 Å². The first-order valence-electron chi connectivity index (χ1n) is 9.39. The van der Waals surface area contributed by atoms with Gasteiger partial charge in [0.15, 0.2) is 11.5 Å². The molecule has 2 rings (SSSR count). The molecule has 0 radical (unpaired) electrons. The average molecular weight is 407 g/mol. The van der Waals surface area contributed by atoms with Crippen LogP contribution in [0.4, 0.5) is 5.69 Å². The Morgan fingerprint density at radius 2 is 1.89 bits per heavy atom. The number of para-hydroxylation sites is 1. The summed E-state index contributed by atoms with van der Waals surface area (Å²) in [5.41, 5.74) is 8.60. The number of halogens is 1. The van der Waals surface area contributed by atoms with Crippen LogP contribution >= 0.6 is 12.4 Å². The minimum atomic E-state index is -0.00511.